The fourth-order valence-electron chi connectivity index (χ4n) is 4.43. The molecule has 0 aromatic rings. The van der Waals surface area contributed by atoms with Crippen LogP contribution in [0.3, 0.4) is 0 Å². The van der Waals surface area contributed by atoms with Gasteiger partial charge in [-0.2, -0.15) is 0 Å². The standard InChI is InChI=1S/C17H32N2O2/c1-4-13-8-11-19(14(13)12(2)20)16(21)15(18)17(3)9-6-5-7-10-17/h13-16,21H,4-11,18H2,1-3H3/t13?,14-,15-,16+/m1/s1. The summed E-state index contributed by atoms with van der Waals surface area (Å²) in [5.41, 5.74) is 6.46. The minimum absolute atomic E-state index is 0.00328. The molecule has 4 heteroatoms. The van der Waals surface area contributed by atoms with E-state index in [1.165, 1.54) is 19.3 Å². The number of aliphatic hydroxyl groups excluding tert-OH is 1. The average molecular weight is 296 g/mol. The molecule has 122 valence electrons. The lowest BCUT2D eigenvalue weighted by atomic mass is 9.70. The maximum Gasteiger partial charge on any atom is 0.147 e. The van der Waals surface area contributed by atoms with Gasteiger partial charge in [0.15, 0.2) is 0 Å². The van der Waals surface area contributed by atoms with Crippen molar-refractivity contribution in [2.45, 2.75) is 84.0 Å². The van der Waals surface area contributed by atoms with Crippen LogP contribution in [-0.2, 0) is 4.79 Å². The van der Waals surface area contributed by atoms with Crippen LogP contribution in [0.5, 0.6) is 0 Å². The van der Waals surface area contributed by atoms with Crippen molar-refractivity contribution in [2.75, 3.05) is 6.54 Å². The van der Waals surface area contributed by atoms with E-state index in [2.05, 4.69) is 13.8 Å². The summed E-state index contributed by atoms with van der Waals surface area (Å²) in [6.07, 6.45) is 7.12. The summed E-state index contributed by atoms with van der Waals surface area (Å²) in [7, 11) is 0. The molecular formula is C17H32N2O2. The van der Waals surface area contributed by atoms with Gasteiger partial charge in [0.2, 0.25) is 0 Å². The third-order valence-electron chi connectivity index (χ3n) is 5.96. The Hall–Kier alpha value is -0.450. The molecule has 0 aromatic heterocycles. The average Bonchev–Trinajstić information content (AvgIpc) is 2.90. The zero-order valence-corrected chi connectivity index (χ0v) is 13.8. The SMILES string of the molecule is CCC1CCN([C@@H](O)[C@@H](N)C2(C)CCCCC2)[C@@H]1C(C)=O. The van der Waals surface area contributed by atoms with Crippen LogP contribution in [0.25, 0.3) is 0 Å². The minimum Gasteiger partial charge on any atom is -0.377 e. The molecule has 1 saturated carbocycles. The molecule has 1 aliphatic heterocycles. The number of hydrogen-bond acceptors (Lipinski definition) is 4. The van der Waals surface area contributed by atoms with E-state index in [1.54, 1.807) is 6.92 Å². The van der Waals surface area contributed by atoms with E-state index in [0.29, 0.717) is 5.92 Å². The van der Waals surface area contributed by atoms with Gasteiger partial charge in [-0.25, -0.2) is 0 Å². The van der Waals surface area contributed by atoms with Crippen LogP contribution in [0.4, 0.5) is 0 Å². The third-order valence-corrected chi connectivity index (χ3v) is 5.96. The van der Waals surface area contributed by atoms with Crippen LogP contribution in [0.2, 0.25) is 0 Å². The van der Waals surface area contributed by atoms with Crippen molar-refractivity contribution in [3.05, 3.63) is 0 Å². The number of nitrogens with two attached hydrogens (primary N) is 1. The molecule has 1 saturated heterocycles. The Morgan fingerprint density at radius 1 is 1.38 bits per heavy atom. The number of rotatable bonds is 5. The topological polar surface area (TPSA) is 66.6 Å². The lowest BCUT2D eigenvalue weighted by Crippen LogP contribution is -2.58. The molecule has 2 rings (SSSR count). The van der Waals surface area contributed by atoms with Crippen LogP contribution in [0, 0.1) is 11.3 Å². The Balaban J connectivity index is 2.10. The van der Waals surface area contributed by atoms with Crippen molar-refractivity contribution in [1.29, 1.82) is 0 Å². The molecule has 0 radical (unpaired) electrons. The van der Waals surface area contributed by atoms with E-state index in [-0.39, 0.29) is 23.3 Å². The monoisotopic (exact) mass is 296 g/mol. The molecule has 2 fully saturated rings. The molecule has 0 amide bonds. The predicted molar refractivity (Wildman–Crippen MR) is 84.7 cm³/mol. The highest BCUT2D eigenvalue weighted by Gasteiger charge is 2.45. The zero-order valence-electron chi connectivity index (χ0n) is 13.8. The molecule has 1 unspecified atom stereocenters. The normalized spacial score (nSPS) is 32.8. The maximum absolute atomic E-state index is 12.0. The predicted octanol–water partition coefficient (Wildman–Crippen LogP) is 2.29. The van der Waals surface area contributed by atoms with Crippen molar-refractivity contribution in [1.82, 2.24) is 4.90 Å². The van der Waals surface area contributed by atoms with Crippen LogP contribution >= 0.6 is 0 Å². The van der Waals surface area contributed by atoms with Crippen molar-refractivity contribution in [3.8, 4) is 0 Å². The van der Waals surface area contributed by atoms with Gasteiger partial charge in [-0.1, -0.05) is 39.5 Å². The van der Waals surface area contributed by atoms with Crippen LogP contribution in [0.15, 0.2) is 0 Å². The van der Waals surface area contributed by atoms with E-state index in [4.69, 9.17) is 5.73 Å². The molecule has 1 aliphatic carbocycles. The van der Waals surface area contributed by atoms with Crippen molar-refractivity contribution in [2.24, 2.45) is 17.1 Å². The quantitative estimate of drug-likeness (QED) is 0.817. The molecule has 21 heavy (non-hydrogen) atoms. The first-order valence-corrected chi connectivity index (χ1v) is 8.60. The van der Waals surface area contributed by atoms with Gasteiger partial charge in [0, 0.05) is 12.6 Å². The van der Waals surface area contributed by atoms with E-state index in [0.717, 1.165) is 32.2 Å². The van der Waals surface area contributed by atoms with Gasteiger partial charge in [-0.05, 0) is 37.5 Å². The Morgan fingerprint density at radius 2 is 2.00 bits per heavy atom. The number of nitrogens with zero attached hydrogens (tertiary/aromatic N) is 1. The summed E-state index contributed by atoms with van der Waals surface area (Å²) in [5, 5.41) is 10.8. The van der Waals surface area contributed by atoms with E-state index in [1.807, 2.05) is 4.90 Å². The molecule has 2 aliphatic rings. The summed E-state index contributed by atoms with van der Waals surface area (Å²) in [6.45, 7) is 6.76. The lowest BCUT2D eigenvalue weighted by Gasteiger charge is -2.44. The summed E-state index contributed by atoms with van der Waals surface area (Å²) < 4.78 is 0. The molecule has 1 heterocycles. The Bertz CT molecular complexity index is 366. The number of carbonyl (C=O) groups excluding carboxylic acids is 1. The second kappa shape index (κ2) is 6.76. The summed E-state index contributed by atoms with van der Waals surface area (Å²) in [4.78, 5) is 14.0. The Labute approximate surface area is 129 Å². The number of Topliss-reactive ketones (excluding diaryl/α,β-unsaturated/α-hetero) is 1. The maximum atomic E-state index is 12.0. The minimum atomic E-state index is -0.696. The van der Waals surface area contributed by atoms with Gasteiger partial charge in [0.05, 0.1) is 6.04 Å². The highest BCUT2D eigenvalue weighted by Crippen LogP contribution is 2.41. The largest absolute Gasteiger partial charge is 0.377 e. The van der Waals surface area contributed by atoms with Crippen molar-refractivity contribution >= 4 is 5.78 Å². The van der Waals surface area contributed by atoms with Crippen LogP contribution in [-0.4, -0.2) is 40.6 Å². The zero-order chi connectivity index (χ0) is 15.6. The van der Waals surface area contributed by atoms with E-state index < -0.39 is 6.23 Å². The molecule has 0 spiro atoms. The Morgan fingerprint density at radius 3 is 2.52 bits per heavy atom. The first-order valence-electron chi connectivity index (χ1n) is 8.60. The van der Waals surface area contributed by atoms with Gasteiger partial charge in [0.1, 0.15) is 12.0 Å². The van der Waals surface area contributed by atoms with Crippen molar-refractivity contribution in [3.63, 3.8) is 0 Å². The molecule has 0 aromatic carbocycles. The molecular weight excluding hydrogens is 264 g/mol. The summed E-state index contributed by atoms with van der Waals surface area (Å²) >= 11 is 0. The van der Waals surface area contributed by atoms with Gasteiger partial charge >= 0.3 is 0 Å². The molecule has 4 nitrogen and oxygen atoms in total. The fraction of sp³-hybridized carbons (Fsp3) is 0.941. The third kappa shape index (κ3) is 3.33. The number of aliphatic hydroxyl groups is 1. The second-order valence-corrected chi connectivity index (χ2v) is 7.40. The molecule has 3 N–H and O–H groups in total. The first-order chi connectivity index (χ1) is 9.90. The smallest absolute Gasteiger partial charge is 0.147 e. The van der Waals surface area contributed by atoms with Gasteiger partial charge in [0.25, 0.3) is 0 Å². The van der Waals surface area contributed by atoms with Crippen LogP contribution in [0.1, 0.15) is 65.7 Å². The van der Waals surface area contributed by atoms with Gasteiger partial charge in [-0.3, -0.25) is 9.69 Å². The van der Waals surface area contributed by atoms with Gasteiger partial charge < -0.3 is 10.8 Å². The van der Waals surface area contributed by atoms with E-state index >= 15 is 0 Å². The van der Waals surface area contributed by atoms with E-state index in [9.17, 15) is 9.90 Å². The summed E-state index contributed by atoms with van der Waals surface area (Å²) in [6, 6.07) is -0.418. The summed E-state index contributed by atoms with van der Waals surface area (Å²) in [5.74, 6) is 0.530. The number of ketones is 1. The lowest BCUT2D eigenvalue weighted by molar-refractivity contribution is -0.129. The second-order valence-electron chi connectivity index (χ2n) is 7.40. The van der Waals surface area contributed by atoms with Crippen LogP contribution < -0.4 is 5.73 Å². The number of hydrogen-bond donors (Lipinski definition) is 2. The highest BCUT2D eigenvalue weighted by atomic mass is 16.3. The molecule has 0 bridgehead atoms. The number of carbonyl (C=O) groups is 1. The van der Waals surface area contributed by atoms with Crippen molar-refractivity contribution < 1.29 is 9.90 Å². The fourth-order valence-corrected chi connectivity index (χ4v) is 4.43. The highest BCUT2D eigenvalue weighted by molar-refractivity contribution is 5.82. The molecule has 4 atom stereocenters. The Kier molecular flexibility index (Phi) is 5.44. The number of likely N-dealkylation sites (tertiary alicyclic amines) is 1. The first kappa shape index (κ1) is 16.9. The van der Waals surface area contributed by atoms with Gasteiger partial charge in [-0.15, -0.1) is 0 Å².